The molecule has 1 fully saturated rings. The molecule has 0 amide bonds. The maximum Gasteiger partial charge on any atom is 0.278 e. The summed E-state index contributed by atoms with van der Waals surface area (Å²) >= 11 is 0. The van der Waals surface area contributed by atoms with E-state index in [1.165, 1.54) is 17.2 Å². The van der Waals surface area contributed by atoms with Crippen LogP contribution in [-0.2, 0) is 4.74 Å². The summed E-state index contributed by atoms with van der Waals surface area (Å²) in [5.41, 5.74) is -1.58. The third-order valence-electron chi connectivity index (χ3n) is 3.03. The van der Waals surface area contributed by atoms with Crippen molar-refractivity contribution in [2.45, 2.75) is 18.3 Å². The molecule has 1 aliphatic heterocycles. The molecule has 7 nitrogen and oxygen atoms in total. The summed E-state index contributed by atoms with van der Waals surface area (Å²) in [6, 6.07) is 0. The molecule has 8 heteroatoms. The predicted molar refractivity (Wildman–Crippen MR) is 58.7 cm³/mol. The van der Waals surface area contributed by atoms with Crippen LogP contribution in [0.4, 0.5) is 4.39 Å². The molecule has 0 aromatic carbocycles. The fraction of sp³-hybridized carbons (Fsp3) is 0.500. The number of hydrogen-bond donors (Lipinski definition) is 2. The number of fused-ring (bicyclic) bond motifs is 1. The van der Waals surface area contributed by atoms with E-state index in [0.29, 0.717) is 5.65 Å². The van der Waals surface area contributed by atoms with Crippen LogP contribution in [0.3, 0.4) is 0 Å². The zero-order chi connectivity index (χ0) is 12.8. The molecule has 0 aliphatic carbocycles. The number of halogens is 1. The first-order chi connectivity index (χ1) is 8.63. The molecule has 3 rings (SSSR count). The number of aromatic amines is 1. The SMILES string of the molecule is O=c1[nH]cnc2c1ncn2[C@H]1C[C@](F)(CO)CO1. The van der Waals surface area contributed by atoms with Gasteiger partial charge in [-0.2, -0.15) is 0 Å². The number of H-pyrrole nitrogens is 1. The highest BCUT2D eigenvalue weighted by atomic mass is 19.1. The Morgan fingerprint density at radius 2 is 2.50 bits per heavy atom. The van der Waals surface area contributed by atoms with Gasteiger partial charge in [0.25, 0.3) is 5.56 Å². The Hall–Kier alpha value is -1.80. The lowest BCUT2D eigenvalue weighted by atomic mass is 10.1. The third kappa shape index (κ3) is 1.61. The first-order valence-electron chi connectivity index (χ1n) is 5.44. The molecule has 3 heterocycles. The van der Waals surface area contributed by atoms with Crippen LogP contribution in [-0.4, -0.2) is 43.5 Å². The standard InChI is InChI=1S/C10H11FN4O3/c11-10(2-16)1-6(18-3-10)15-5-14-7-8(15)12-4-13-9(7)17/h4-6,16H,1-3H2,(H,12,13,17)/t6-,10+/m1/s1. The summed E-state index contributed by atoms with van der Waals surface area (Å²) in [5, 5.41) is 8.95. The minimum atomic E-state index is -1.75. The Balaban J connectivity index is 2.02. The van der Waals surface area contributed by atoms with E-state index < -0.39 is 18.5 Å². The number of aliphatic hydroxyl groups excluding tert-OH is 1. The topological polar surface area (TPSA) is 93.0 Å². The fourth-order valence-corrected chi connectivity index (χ4v) is 2.04. The molecule has 1 aliphatic rings. The number of alkyl halides is 1. The van der Waals surface area contributed by atoms with Gasteiger partial charge in [-0.15, -0.1) is 0 Å². The lowest BCUT2D eigenvalue weighted by Gasteiger charge is -2.14. The second-order valence-electron chi connectivity index (χ2n) is 4.33. The van der Waals surface area contributed by atoms with Crippen molar-refractivity contribution in [3.05, 3.63) is 23.0 Å². The van der Waals surface area contributed by atoms with Gasteiger partial charge in [-0.25, -0.2) is 14.4 Å². The number of imidazole rings is 1. The molecule has 0 radical (unpaired) electrons. The van der Waals surface area contributed by atoms with Gasteiger partial charge >= 0.3 is 0 Å². The molecule has 0 saturated carbocycles. The van der Waals surface area contributed by atoms with Crippen LogP contribution in [0.1, 0.15) is 12.6 Å². The summed E-state index contributed by atoms with van der Waals surface area (Å²) < 4.78 is 20.7. The molecular formula is C10H11FN4O3. The summed E-state index contributed by atoms with van der Waals surface area (Å²) in [7, 11) is 0. The van der Waals surface area contributed by atoms with E-state index in [1.54, 1.807) is 0 Å². The van der Waals surface area contributed by atoms with E-state index in [9.17, 15) is 9.18 Å². The maximum absolute atomic E-state index is 13.9. The van der Waals surface area contributed by atoms with Crippen LogP contribution in [0.25, 0.3) is 11.2 Å². The maximum atomic E-state index is 13.9. The summed E-state index contributed by atoms with van der Waals surface area (Å²) in [6.07, 6.45) is 2.04. The number of nitrogens with zero attached hydrogens (tertiary/aromatic N) is 3. The smallest absolute Gasteiger partial charge is 0.278 e. The number of nitrogens with one attached hydrogen (secondary N) is 1. The molecule has 2 aromatic rings. The van der Waals surface area contributed by atoms with Gasteiger partial charge < -0.3 is 14.8 Å². The molecule has 96 valence electrons. The average Bonchev–Trinajstić information content (AvgIpc) is 2.94. The molecule has 1 saturated heterocycles. The molecular weight excluding hydrogens is 243 g/mol. The molecule has 0 bridgehead atoms. The van der Waals surface area contributed by atoms with Crippen LogP contribution in [0, 0.1) is 0 Å². The third-order valence-corrected chi connectivity index (χ3v) is 3.03. The van der Waals surface area contributed by atoms with Crippen LogP contribution in [0.5, 0.6) is 0 Å². The number of hydrogen-bond acceptors (Lipinski definition) is 5. The highest BCUT2D eigenvalue weighted by molar-refractivity contribution is 5.68. The van der Waals surface area contributed by atoms with Crippen molar-refractivity contribution in [3.8, 4) is 0 Å². The zero-order valence-corrected chi connectivity index (χ0v) is 9.34. The highest BCUT2D eigenvalue weighted by Crippen LogP contribution is 2.34. The van der Waals surface area contributed by atoms with Crippen molar-refractivity contribution in [2.24, 2.45) is 0 Å². The first kappa shape index (κ1) is 11.3. The Morgan fingerprint density at radius 1 is 1.67 bits per heavy atom. The van der Waals surface area contributed by atoms with Gasteiger partial charge in [0, 0.05) is 6.42 Å². The number of ether oxygens (including phenoxy) is 1. The normalized spacial score (nSPS) is 28.0. The van der Waals surface area contributed by atoms with Crippen molar-refractivity contribution in [3.63, 3.8) is 0 Å². The van der Waals surface area contributed by atoms with Crippen molar-refractivity contribution < 1.29 is 14.2 Å². The van der Waals surface area contributed by atoms with Gasteiger partial charge in [0.05, 0.1) is 25.9 Å². The van der Waals surface area contributed by atoms with Gasteiger partial charge in [0.1, 0.15) is 6.23 Å². The molecule has 2 N–H and O–H groups in total. The minimum Gasteiger partial charge on any atom is -0.393 e. The Bertz CT molecular complexity index is 639. The van der Waals surface area contributed by atoms with Crippen LogP contribution in [0.2, 0.25) is 0 Å². The Kier molecular flexibility index (Phi) is 2.42. The van der Waals surface area contributed by atoms with E-state index in [4.69, 9.17) is 9.84 Å². The highest BCUT2D eigenvalue weighted by Gasteiger charge is 2.41. The first-order valence-corrected chi connectivity index (χ1v) is 5.44. The van der Waals surface area contributed by atoms with Gasteiger partial charge in [-0.1, -0.05) is 0 Å². The lowest BCUT2D eigenvalue weighted by Crippen LogP contribution is -2.27. The summed E-state index contributed by atoms with van der Waals surface area (Å²) in [4.78, 5) is 21.8. The quantitative estimate of drug-likeness (QED) is 0.770. The van der Waals surface area contributed by atoms with Crippen molar-refractivity contribution in [1.82, 2.24) is 19.5 Å². The van der Waals surface area contributed by atoms with E-state index in [0.717, 1.165) is 0 Å². The lowest BCUT2D eigenvalue weighted by molar-refractivity contribution is 0.0302. The fourth-order valence-electron chi connectivity index (χ4n) is 2.04. The van der Waals surface area contributed by atoms with E-state index in [-0.39, 0.29) is 24.1 Å². The molecule has 18 heavy (non-hydrogen) atoms. The molecule has 0 unspecified atom stereocenters. The minimum absolute atomic E-state index is 0.00341. The predicted octanol–water partition coefficient (Wildman–Crippen LogP) is -0.261. The van der Waals surface area contributed by atoms with E-state index in [2.05, 4.69) is 15.0 Å². The molecule has 2 atom stereocenters. The number of rotatable bonds is 2. The van der Waals surface area contributed by atoms with Gasteiger partial charge in [-0.3, -0.25) is 9.36 Å². The monoisotopic (exact) mass is 254 g/mol. The van der Waals surface area contributed by atoms with Crippen LogP contribution < -0.4 is 5.56 Å². The van der Waals surface area contributed by atoms with Crippen molar-refractivity contribution in [1.29, 1.82) is 0 Å². The van der Waals surface area contributed by atoms with Crippen molar-refractivity contribution in [2.75, 3.05) is 13.2 Å². The second-order valence-corrected chi connectivity index (χ2v) is 4.33. The molecule has 0 spiro atoms. The van der Waals surface area contributed by atoms with Crippen LogP contribution >= 0.6 is 0 Å². The second kappa shape index (κ2) is 3.85. The van der Waals surface area contributed by atoms with Crippen LogP contribution in [0.15, 0.2) is 17.4 Å². The van der Waals surface area contributed by atoms with E-state index >= 15 is 0 Å². The summed E-state index contributed by atoms with van der Waals surface area (Å²) in [6.45, 7) is -0.777. The zero-order valence-electron chi connectivity index (χ0n) is 9.34. The van der Waals surface area contributed by atoms with E-state index in [1.807, 2.05) is 0 Å². The summed E-state index contributed by atoms with van der Waals surface area (Å²) in [5.74, 6) is 0. The largest absolute Gasteiger partial charge is 0.393 e. The number of aliphatic hydroxyl groups is 1. The Morgan fingerprint density at radius 3 is 3.22 bits per heavy atom. The van der Waals surface area contributed by atoms with Gasteiger partial charge in [0.2, 0.25) is 0 Å². The number of aromatic nitrogens is 4. The average molecular weight is 254 g/mol. The Labute approximate surface area is 100 Å². The molecule has 2 aromatic heterocycles. The van der Waals surface area contributed by atoms with Gasteiger partial charge in [0.15, 0.2) is 16.8 Å². The van der Waals surface area contributed by atoms with Gasteiger partial charge in [-0.05, 0) is 0 Å². The van der Waals surface area contributed by atoms with Crippen molar-refractivity contribution >= 4 is 11.2 Å².